The molecule has 2 saturated heterocycles. The SMILES string of the molecule is CCNC(=NCCC(=O)NC1CCS(=O)(=O)C1)N1CCN(c2cnn(C)c2)C(=O)C1.I. The number of aromatic nitrogens is 2. The second-order valence-corrected chi connectivity index (χ2v) is 9.72. The van der Waals surface area contributed by atoms with E-state index in [1.165, 1.54) is 0 Å². The normalized spacial score (nSPS) is 21.0. The van der Waals surface area contributed by atoms with Crippen LogP contribution in [0, 0.1) is 0 Å². The highest BCUT2D eigenvalue weighted by Crippen LogP contribution is 2.16. The van der Waals surface area contributed by atoms with Crippen LogP contribution in [0.25, 0.3) is 0 Å². The van der Waals surface area contributed by atoms with Gasteiger partial charge in [-0.25, -0.2) is 8.42 Å². The molecule has 0 aliphatic carbocycles. The molecule has 0 aromatic carbocycles. The maximum atomic E-state index is 12.6. The van der Waals surface area contributed by atoms with Gasteiger partial charge >= 0.3 is 0 Å². The number of hydrogen-bond acceptors (Lipinski definition) is 6. The van der Waals surface area contributed by atoms with E-state index in [1.54, 1.807) is 22.0 Å². The van der Waals surface area contributed by atoms with Crippen molar-refractivity contribution in [2.75, 3.05) is 49.1 Å². The summed E-state index contributed by atoms with van der Waals surface area (Å²) in [5.41, 5.74) is 0.773. The summed E-state index contributed by atoms with van der Waals surface area (Å²) in [4.78, 5) is 32.8. The van der Waals surface area contributed by atoms with Crippen LogP contribution in [0.3, 0.4) is 0 Å². The van der Waals surface area contributed by atoms with Gasteiger partial charge in [-0.3, -0.25) is 19.3 Å². The van der Waals surface area contributed by atoms with E-state index in [-0.39, 0.29) is 72.8 Å². The Bertz CT molecular complexity index is 918. The molecule has 11 nitrogen and oxygen atoms in total. The van der Waals surface area contributed by atoms with Crippen LogP contribution < -0.4 is 15.5 Å². The third-order valence-corrected chi connectivity index (χ3v) is 6.82. The van der Waals surface area contributed by atoms with Crippen molar-refractivity contribution in [2.45, 2.75) is 25.8 Å². The molecule has 2 N–H and O–H groups in total. The quantitative estimate of drug-likeness (QED) is 0.266. The molecule has 2 aliphatic rings. The van der Waals surface area contributed by atoms with Gasteiger partial charge in [0.05, 0.1) is 29.9 Å². The minimum atomic E-state index is -3.03. The summed E-state index contributed by atoms with van der Waals surface area (Å²) in [5.74, 6) is 0.468. The van der Waals surface area contributed by atoms with Gasteiger partial charge in [0.15, 0.2) is 15.8 Å². The first-order valence-electron chi connectivity index (χ1n) is 10.1. The van der Waals surface area contributed by atoms with Crippen molar-refractivity contribution >= 4 is 57.3 Å². The lowest BCUT2D eigenvalue weighted by atomic mass is 10.2. The van der Waals surface area contributed by atoms with E-state index in [0.717, 1.165) is 5.69 Å². The van der Waals surface area contributed by atoms with Crippen molar-refractivity contribution < 1.29 is 18.0 Å². The summed E-state index contributed by atoms with van der Waals surface area (Å²) in [5, 5.41) is 10.0. The average Bonchev–Trinajstić information content (AvgIpc) is 3.25. The van der Waals surface area contributed by atoms with Crippen molar-refractivity contribution in [3.8, 4) is 0 Å². The number of guanidine groups is 1. The van der Waals surface area contributed by atoms with Gasteiger partial charge in [0.2, 0.25) is 11.8 Å². The van der Waals surface area contributed by atoms with Crippen molar-refractivity contribution in [2.24, 2.45) is 12.0 Å². The van der Waals surface area contributed by atoms with Crippen LogP contribution >= 0.6 is 24.0 Å². The third-order valence-electron chi connectivity index (χ3n) is 5.06. The molecular weight excluding hydrogens is 537 g/mol. The van der Waals surface area contributed by atoms with Crippen molar-refractivity contribution in [3.63, 3.8) is 0 Å². The van der Waals surface area contributed by atoms with Gasteiger partial charge in [0.25, 0.3) is 0 Å². The molecule has 0 saturated carbocycles. The highest BCUT2D eigenvalue weighted by atomic mass is 127. The molecule has 1 aromatic rings. The molecule has 1 aromatic heterocycles. The molecule has 1 unspecified atom stereocenters. The van der Waals surface area contributed by atoms with E-state index in [2.05, 4.69) is 20.7 Å². The predicted molar refractivity (Wildman–Crippen MR) is 128 cm³/mol. The first-order valence-corrected chi connectivity index (χ1v) is 11.9. The lowest BCUT2D eigenvalue weighted by Gasteiger charge is -2.35. The Morgan fingerprint density at radius 1 is 1.35 bits per heavy atom. The van der Waals surface area contributed by atoms with E-state index in [4.69, 9.17) is 0 Å². The zero-order valence-electron chi connectivity index (χ0n) is 17.8. The van der Waals surface area contributed by atoms with E-state index < -0.39 is 9.84 Å². The molecule has 0 radical (unpaired) electrons. The monoisotopic (exact) mass is 567 g/mol. The van der Waals surface area contributed by atoms with Gasteiger partial charge in [0, 0.05) is 45.3 Å². The number of rotatable bonds is 6. The van der Waals surface area contributed by atoms with Crippen LogP contribution in [0.5, 0.6) is 0 Å². The van der Waals surface area contributed by atoms with Crippen LogP contribution in [0.15, 0.2) is 17.4 Å². The summed E-state index contributed by atoms with van der Waals surface area (Å²) in [6, 6.07) is -0.308. The smallest absolute Gasteiger partial charge is 0.246 e. The number of carbonyl (C=O) groups is 2. The van der Waals surface area contributed by atoms with Crippen molar-refractivity contribution in [3.05, 3.63) is 12.4 Å². The topological polar surface area (TPSA) is 129 Å². The number of anilines is 1. The van der Waals surface area contributed by atoms with Crippen molar-refractivity contribution in [1.82, 2.24) is 25.3 Å². The maximum absolute atomic E-state index is 12.6. The zero-order chi connectivity index (χ0) is 21.7. The van der Waals surface area contributed by atoms with Crippen LogP contribution in [-0.2, 0) is 26.5 Å². The number of amides is 2. The number of nitrogens with zero attached hydrogens (tertiary/aromatic N) is 5. The van der Waals surface area contributed by atoms with Crippen LogP contribution in [0.4, 0.5) is 5.69 Å². The molecule has 1 atom stereocenters. The van der Waals surface area contributed by atoms with Gasteiger partial charge in [-0.05, 0) is 13.3 Å². The fourth-order valence-electron chi connectivity index (χ4n) is 3.57. The van der Waals surface area contributed by atoms with Crippen molar-refractivity contribution in [1.29, 1.82) is 0 Å². The average molecular weight is 567 g/mol. The van der Waals surface area contributed by atoms with Crippen LogP contribution in [0.2, 0.25) is 0 Å². The number of nitrogens with one attached hydrogen (secondary N) is 2. The van der Waals surface area contributed by atoms with E-state index in [9.17, 15) is 18.0 Å². The highest BCUT2D eigenvalue weighted by molar-refractivity contribution is 14.0. The second-order valence-electron chi connectivity index (χ2n) is 7.49. The number of piperazine rings is 1. The lowest BCUT2D eigenvalue weighted by molar-refractivity contribution is -0.121. The molecule has 0 bridgehead atoms. The first kappa shape index (κ1) is 25.4. The standard InChI is InChI=1S/C18H29N7O4S.HI/c1-3-19-18(20-6-4-16(26)22-14-5-9-30(28,29)13-14)24-7-8-25(17(27)12-24)15-10-21-23(2)11-15;/h10-11,14H,3-9,12-13H2,1-2H3,(H,19,20)(H,22,26);1H. The summed E-state index contributed by atoms with van der Waals surface area (Å²) in [6.45, 7) is 4.15. The molecule has 174 valence electrons. The summed E-state index contributed by atoms with van der Waals surface area (Å²) in [7, 11) is -1.22. The van der Waals surface area contributed by atoms with E-state index in [0.29, 0.717) is 32.0 Å². The Labute approximate surface area is 199 Å². The molecule has 31 heavy (non-hydrogen) atoms. The van der Waals surface area contributed by atoms with Gasteiger partial charge in [0.1, 0.15) is 6.54 Å². The number of hydrogen-bond donors (Lipinski definition) is 2. The second kappa shape index (κ2) is 11.1. The molecule has 2 fully saturated rings. The van der Waals surface area contributed by atoms with Crippen LogP contribution in [-0.4, -0.2) is 91.1 Å². The van der Waals surface area contributed by atoms with Crippen LogP contribution in [0.1, 0.15) is 19.8 Å². The highest BCUT2D eigenvalue weighted by Gasteiger charge is 2.29. The Morgan fingerprint density at radius 3 is 2.71 bits per heavy atom. The molecule has 2 aliphatic heterocycles. The molecule has 3 heterocycles. The first-order chi connectivity index (χ1) is 14.3. The van der Waals surface area contributed by atoms with E-state index >= 15 is 0 Å². The fraction of sp³-hybridized carbons (Fsp3) is 0.667. The largest absolute Gasteiger partial charge is 0.357 e. The van der Waals surface area contributed by atoms with Gasteiger partial charge in [-0.1, -0.05) is 0 Å². The van der Waals surface area contributed by atoms with E-state index in [1.807, 2.05) is 18.9 Å². The summed E-state index contributed by atoms with van der Waals surface area (Å²) in [6.07, 6.45) is 4.10. The lowest BCUT2D eigenvalue weighted by Crippen LogP contribution is -2.55. The molecule has 3 rings (SSSR count). The minimum Gasteiger partial charge on any atom is -0.357 e. The number of aryl methyl sites for hydroxylation is 1. The predicted octanol–water partition coefficient (Wildman–Crippen LogP) is -0.654. The molecule has 13 heteroatoms. The van der Waals surface area contributed by atoms with Gasteiger partial charge < -0.3 is 20.4 Å². The number of aliphatic imine (C=N–C) groups is 1. The fourth-order valence-corrected chi connectivity index (χ4v) is 5.25. The Kier molecular flexibility index (Phi) is 9.09. The Hall–Kier alpha value is -1.90. The molecular formula is C18H30IN7O4S. The number of halogens is 1. The summed E-state index contributed by atoms with van der Waals surface area (Å²) < 4.78 is 24.6. The zero-order valence-corrected chi connectivity index (χ0v) is 20.9. The Morgan fingerprint density at radius 2 is 2.13 bits per heavy atom. The summed E-state index contributed by atoms with van der Waals surface area (Å²) >= 11 is 0. The number of sulfone groups is 1. The molecule has 0 spiro atoms. The Balaban J connectivity index is 0.00000341. The van der Waals surface area contributed by atoms with Gasteiger partial charge in [-0.15, -0.1) is 24.0 Å². The molecule has 2 amide bonds. The maximum Gasteiger partial charge on any atom is 0.246 e. The number of carbonyl (C=O) groups excluding carboxylic acids is 2. The minimum absolute atomic E-state index is 0. The third kappa shape index (κ3) is 7.05. The van der Waals surface area contributed by atoms with Gasteiger partial charge in [-0.2, -0.15) is 5.10 Å².